The smallest absolute Gasteiger partial charge is 0.282 e. The Morgan fingerprint density at radius 2 is 2.03 bits per heavy atom. The summed E-state index contributed by atoms with van der Waals surface area (Å²) in [6.07, 6.45) is 1.53. The van der Waals surface area contributed by atoms with Crippen LogP contribution in [-0.4, -0.2) is 25.8 Å². The van der Waals surface area contributed by atoms with Crippen molar-refractivity contribution in [2.24, 2.45) is 0 Å². The van der Waals surface area contributed by atoms with Gasteiger partial charge in [0, 0.05) is 17.1 Å². The SMILES string of the molecule is CC(Sc1nc2scc(-c3ccccc3)c2c(=O)n1N)C(=O)Nc1cccnc1Cl. The summed E-state index contributed by atoms with van der Waals surface area (Å²) >= 11 is 8.45. The van der Waals surface area contributed by atoms with Gasteiger partial charge < -0.3 is 11.2 Å². The number of pyridine rings is 1. The first kappa shape index (κ1) is 20.4. The summed E-state index contributed by atoms with van der Waals surface area (Å²) in [5.74, 6) is 5.74. The van der Waals surface area contributed by atoms with Gasteiger partial charge in [0.1, 0.15) is 4.83 Å². The zero-order valence-electron chi connectivity index (χ0n) is 15.7. The van der Waals surface area contributed by atoms with Gasteiger partial charge in [-0.25, -0.2) is 14.6 Å². The van der Waals surface area contributed by atoms with E-state index in [1.54, 1.807) is 19.1 Å². The van der Waals surface area contributed by atoms with Crippen molar-refractivity contribution in [2.45, 2.75) is 17.3 Å². The molecule has 0 aliphatic rings. The zero-order valence-corrected chi connectivity index (χ0v) is 18.1. The number of thiophene rings is 1. The first-order chi connectivity index (χ1) is 14.5. The third kappa shape index (κ3) is 3.91. The number of nitrogens with one attached hydrogen (secondary N) is 1. The number of fused-ring (bicyclic) bond motifs is 1. The standard InChI is InChI=1S/C20H16ClN5O2S2/c1-11(17(27)24-14-8-5-9-23-16(14)21)30-20-25-18-15(19(28)26(20)22)13(10-29-18)12-6-3-2-4-7-12/h2-11H,22H2,1H3,(H,24,27). The fourth-order valence-corrected chi connectivity index (χ4v) is 4.81. The van der Waals surface area contributed by atoms with E-state index in [2.05, 4.69) is 15.3 Å². The average Bonchev–Trinajstić information content (AvgIpc) is 3.18. The molecule has 0 saturated heterocycles. The molecule has 0 fully saturated rings. The Kier molecular flexibility index (Phi) is 5.76. The van der Waals surface area contributed by atoms with E-state index in [0.717, 1.165) is 27.6 Å². The summed E-state index contributed by atoms with van der Waals surface area (Å²) in [4.78, 5) is 34.5. The van der Waals surface area contributed by atoms with Crippen LogP contribution in [0.5, 0.6) is 0 Å². The van der Waals surface area contributed by atoms with Gasteiger partial charge in [-0.1, -0.05) is 53.7 Å². The number of halogens is 1. The zero-order chi connectivity index (χ0) is 21.3. The summed E-state index contributed by atoms with van der Waals surface area (Å²) in [5.41, 5.74) is 1.77. The lowest BCUT2D eigenvalue weighted by Gasteiger charge is -2.13. The second kappa shape index (κ2) is 8.47. The van der Waals surface area contributed by atoms with Crippen LogP contribution in [0, 0.1) is 0 Å². The van der Waals surface area contributed by atoms with E-state index in [1.165, 1.54) is 17.5 Å². The van der Waals surface area contributed by atoms with Crippen molar-refractivity contribution in [2.75, 3.05) is 11.2 Å². The fourth-order valence-electron chi connectivity index (χ4n) is 2.82. The maximum Gasteiger partial charge on any atom is 0.282 e. The van der Waals surface area contributed by atoms with Crippen molar-refractivity contribution in [1.29, 1.82) is 0 Å². The lowest BCUT2D eigenvalue weighted by molar-refractivity contribution is -0.115. The molecule has 3 aromatic heterocycles. The molecule has 1 amide bonds. The number of carbonyl (C=O) groups is 1. The van der Waals surface area contributed by atoms with Crippen molar-refractivity contribution < 1.29 is 4.79 Å². The molecule has 0 radical (unpaired) electrons. The van der Waals surface area contributed by atoms with E-state index in [-0.39, 0.29) is 21.8 Å². The van der Waals surface area contributed by atoms with Gasteiger partial charge in [0.15, 0.2) is 10.3 Å². The van der Waals surface area contributed by atoms with Crippen LogP contribution in [0.15, 0.2) is 64.0 Å². The predicted octanol–water partition coefficient (Wildman–Crippen LogP) is 4.01. The maximum absolute atomic E-state index is 13.0. The van der Waals surface area contributed by atoms with E-state index in [1.807, 2.05) is 35.7 Å². The molecular formula is C20H16ClN5O2S2. The topological polar surface area (TPSA) is 103 Å². The van der Waals surface area contributed by atoms with Gasteiger partial charge in [0.2, 0.25) is 5.91 Å². The molecule has 10 heteroatoms. The number of carbonyl (C=O) groups excluding carboxylic acids is 1. The Hall–Kier alpha value is -2.88. The van der Waals surface area contributed by atoms with Crippen LogP contribution in [0.2, 0.25) is 5.15 Å². The Bertz CT molecular complexity index is 1290. The van der Waals surface area contributed by atoms with E-state index < -0.39 is 5.25 Å². The highest BCUT2D eigenvalue weighted by Gasteiger charge is 2.21. The van der Waals surface area contributed by atoms with Gasteiger partial charge in [-0.2, -0.15) is 0 Å². The van der Waals surface area contributed by atoms with Crippen LogP contribution in [0.1, 0.15) is 6.92 Å². The van der Waals surface area contributed by atoms with E-state index in [4.69, 9.17) is 17.4 Å². The molecule has 0 bridgehead atoms. The number of amides is 1. The molecule has 0 saturated carbocycles. The van der Waals surface area contributed by atoms with Crippen LogP contribution in [0.3, 0.4) is 0 Å². The van der Waals surface area contributed by atoms with Crippen molar-refractivity contribution >= 4 is 56.5 Å². The number of rotatable bonds is 5. The summed E-state index contributed by atoms with van der Waals surface area (Å²) in [7, 11) is 0. The molecule has 1 aromatic carbocycles. The number of thioether (sulfide) groups is 1. The van der Waals surface area contributed by atoms with Crippen LogP contribution < -0.4 is 16.7 Å². The number of hydrogen-bond donors (Lipinski definition) is 2. The van der Waals surface area contributed by atoms with Gasteiger partial charge >= 0.3 is 0 Å². The molecule has 0 spiro atoms. The van der Waals surface area contributed by atoms with Crippen molar-refractivity contribution in [3.05, 3.63) is 69.5 Å². The normalized spacial score (nSPS) is 12.1. The van der Waals surface area contributed by atoms with Crippen LogP contribution in [0.4, 0.5) is 5.69 Å². The lowest BCUT2D eigenvalue weighted by Crippen LogP contribution is -2.31. The minimum atomic E-state index is -0.575. The van der Waals surface area contributed by atoms with Gasteiger partial charge in [-0.3, -0.25) is 9.59 Å². The highest BCUT2D eigenvalue weighted by molar-refractivity contribution is 8.00. The van der Waals surface area contributed by atoms with Crippen molar-refractivity contribution in [3.8, 4) is 11.1 Å². The van der Waals surface area contributed by atoms with Crippen LogP contribution in [-0.2, 0) is 4.79 Å². The van der Waals surface area contributed by atoms with E-state index >= 15 is 0 Å². The molecule has 152 valence electrons. The summed E-state index contributed by atoms with van der Waals surface area (Å²) in [5, 5.41) is 4.96. The highest BCUT2D eigenvalue weighted by atomic mass is 35.5. The first-order valence-corrected chi connectivity index (χ1v) is 11.0. The van der Waals surface area contributed by atoms with Gasteiger partial charge in [0.25, 0.3) is 5.56 Å². The van der Waals surface area contributed by atoms with Crippen LogP contribution >= 0.6 is 34.7 Å². The van der Waals surface area contributed by atoms with Crippen LogP contribution in [0.25, 0.3) is 21.3 Å². The maximum atomic E-state index is 13.0. The fraction of sp³-hybridized carbons (Fsp3) is 0.100. The number of hydrogen-bond acceptors (Lipinski definition) is 7. The molecule has 30 heavy (non-hydrogen) atoms. The molecule has 1 atom stereocenters. The number of anilines is 1. The van der Waals surface area contributed by atoms with E-state index in [0.29, 0.717) is 15.9 Å². The molecular weight excluding hydrogens is 442 g/mol. The third-order valence-corrected chi connectivity index (χ3v) is 6.60. The molecule has 7 nitrogen and oxygen atoms in total. The molecule has 0 aliphatic carbocycles. The second-order valence-corrected chi connectivity index (χ2v) is 8.88. The Morgan fingerprint density at radius 1 is 1.27 bits per heavy atom. The minimum Gasteiger partial charge on any atom is -0.334 e. The predicted molar refractivity (Wildman–Crippen MR) is 123 cm³/mol. The van der Waals surface area contributed by atoms with Crippen molar-refractivity contribution in [1.82, 2.24) is 14.6 Å². The monoisotopic (exact) mass is 457 g/mol. The molecule has 4 rings (SSSR count). The largest absolute Gasteiger partial charge is 0.334 e. The molecule has 3 N–H and O–H groups in total. The molecule has 1 unspecified atom stereocenters. The quantitative estimate of drug-likeness (QED) is 0.203. The number of nitrogen functional groups attached to an aromatic ring is 1. The number of nitrogens with two attached hydrogens (primary N) is 1. The number of nitrogens with zero attached hydrogens (tertiary/aromatic N) is 3. The van der Waals surface area contributed by atoms with Gasteiger partial charge in [-0.15, -0.1) is 11.3 Å². The summed E-state index contributed by atoms with van der Waals surface area (Å²) in [6, 6.07) is 12.9. The van der Waals surface area contributed by atoms with E-state index in [9.17, 15) is 9.59 Å². The third-order valence-electron chi connectivity index (χ3n) is 4.36. The molecule has 0 aliphatic heterocycles. The minimum absolute atomic E-state index is 0.199. The second-order valence-electron chi connectivity index (χ2n) is 6.36. The molecule has 4 aromatic rings. The summed E-state index contributed by atoms with van der Waals surface area (Å²) in [6.45, 7) is 1.70. The highest BCUT2D eigenvalue weighted by Crippen LogP contribution is 2.32. The lowest BCUT2D eigenvalue weighted by atomic mass is 10.1. The molecule has 3 heterocycles. The Balaban J connectivity index is 1.62. The Morgan fingerprint density at radius 3 is 2.77 bits per heavy atom. The number of aromatic nitrogens is 3. The van der Waals surface area contributed by atoms with Gasteiger partial charge in [0.05, 0.1) is 16.3 Å². The van der Waals surface area contributed by atoms with Gasteiger partial charge in [-0.05, 0) is 24.6 Å². The number of benzene rings is 1. The first-order valence-electron chi connectivity index (χ1n) is 8.88. The van der Waals surface area contributed by atoms with Crippen molar-refractivity contribution in [3.63, 3.8) is 0 Å². The average molecular weight is 458 g/mol. The summed E-state index contributed by atoms with van der Waals surface area (Å²) < 4.78 is 0.993. The Labute approximate surface area is 184 Å².